The molecule has 0 unspecified atom stereocenters. The van der Waals surface area contributed by atoms with Crippen LogP contribution in [0.25, 0.3) is 0 Å². The minimum atomic E-state index is -3.68. The van der Waals surface area contributed by atoms with Gasteiger partial charge in [-0.3, -0.25) is 0 Å². The van der Waals surface area contributed by atoms with Crippen molar-refractivity contribution in [1.29, 1.82) is 0 Å². The Morgan fingerprint density at radius 1 is 1.35 bits per heavy atom. The third kappa shape index (κ3) is 4.47. The van der Waals surface area contributed by atoms with E-state index in [0.717, 1.165) is 16.4 Å². The molecule has 8 heteroatoms. The van der Waals surface area contributed by atoms with E-state index in [4.69, 9.17) is 4.74 Å². The predicted molar refractivity (Wildman–Crippen MR) is 81.3 cm³/mol. The molecule has 0 amide bonds. The van der Waals surface area contributed by atoms with Gasteiger partial charge in [0.25, 0.3) is 0 Å². The maximum atomic E-state index is 13.4. The Morgan fingerprint density at radius 2 is 2.04 bits per heavy atom. The minimum Gasteiger partial charge on any atom is -0.392 e. The second-order valence-corrected chi connectivity index (χ2v) is 7.93. The first kappa shape index (κ1) is 18.3. The lowest BCUT2D eigenvalue weighted by Crippen LogP contribution is -2.35. The second kappa shape index (κ2) is 7.21. The molecule has 130 valence electrons. The van der Waals surface area contributed by atoms with Gasteiger partial charge < -0.3 is 9.84 Å². The molecular formula is C15H21F2NO4S. The maximum Gasteiger partial charge on any atom is 0.217 e. The van der Waals surface area contributed by atoms with Crippen molar-refractivity contribution in [2.75, 3.05) is 18.9 Å². The van der Waals surface area contributed by atoms with Crippen LogP contribution in [0, 0.1) is 11.6 Å². The van der Waals surface area contributed by atoms with Gasteiger partial charge in [-0.05, 0) is 38.0 Å². The lowest BCUT2D eigenvalue weighted by Gasteiger charge is -2.24. The van der Waals surface area contributed by atoms with E-state index in [-0.39, 0.29) is 31.4 Å². The van der Waals surface area contributed by atoms with Crippen LogP contribution >= 0.6 is 0 Å². The number of benzene rings is 1. The van der Waals surface area contributed by atoms with Crippen LogP contribution in [0.1, 0.15) is 31.9 Å². The largest absolute Gasteiger partial charge is 0.392 e. The summed E-state index contributed by atoms with van der Waals surface area (Å²) in [5.41, 5.74) is 0.328. The van der Waals surface area contributed by atoms with Gasteiger partial charge in [0.1, 0.15) is 0 Å². The molecule has 1 aliphatic rings. The molecule has 1 aliphatic heterocycles. The van der Waals surface area contributed by atoms with E-state index in [0.29, 0.717) is 5.56 Å². The summed E-state index contributed by atoms with van der Waals surface area (Å²) in [6.07, 6.45) is -0.778. The highest BCUT2D eigenvalue weighted by molar-refractivity contribution is 7.89. The highest BCUT2D eigenvalue weighted by Crippen LogP contribution is 2.35. The molecule has 0 saturated carbocycles. The van der Waals surface area contributed by atoms with Crippen LogP contribution in [0.15, 0.2) is 18.2 Å². The van der Waals surface area contributed by atoms with Crippen LogP contribution in [0.5, 0.6) is 0 Å². The summed E-state index contributed by atoms with van der Waals surface area (Å²) in [5, 5.41) is 9.83. The van der Waals surface area contributed by atoms with Gasteiger partial charge in [0, 0.05) is 6.54 Å². The fourth-order valence-corrected chi connectivity index (χ4v) is 4.16. The Morgan fingerprint density at radius 3 is 2.65 bits per heavy atom. The molecule has 0 aliphatic carbocycles. The third-order valence-corrected chi connectivity index (χ3v) is 5.51. The standard InChI is InChI=1S/C15H21F2NO4S/c1-10(2)22-5-6-23(20,21)18-9-12(19)8-15(18)11-3-4-13(16)14(17)7-11/h3-4,7,10,12,15,19H,5-6,8-9H2,1-2H3/t12-,15+/m0/s1. The molecule has 0 aromatic heterocycles. The number of aliphatic hydroxyl groups is 1. The van der Waals surface area contributed by atoms with Crippen LogP contribution in [0.3, 0.4) is 0 Å². The smallest absolute Gasteiger partial charge is 0.217 e. The molecular weight excluding hydrogens is 328 g/mol. The van der Waals surface area contributed by atoms with Gasteiger partial charge in [-0.1, -0.05) is 6.07 Å². The lowest BCUT2D eigenvalue weighted by molar-refractivity contribution is 0.0905. The van der Waals surface area contributed by atoms with E-state index in [2.05, 4.69) is 0 Å². The summed E-state index contributed by atoms with van der Waals surface area (Å²) in [4.78, 5) is 0. The van der Waals surface area contributed by atoms with Crippen molar-refractivity contribution in [2.45, 2.75) is 38.5 Å². The average molecular weight is 349 g/mol. The van der Waals surface area contributed by atoms with Gasteiger partial charge in [-0.2, -0.15) is 4.31 Å². The van der Waals surface area contributed by atoms with Gasteiger partial charge in [-0.15, -0.1) is 0 Å². The van der Waals surface area contributed by atoms with Crippen molar-refractivity contribution in [1.82, 2.24) is 4.31 Å². The molecule has 1 fully saturated rings. The van der Waals surface area contributed by atoms with Crippen LogP contribution in [-0.4, -0.2) is 48.9 Å². The fraction of sp³-hybridized carbons (Fsp3) is 0.600. The molecule has 0 spiro atoms. The topological polar surface area (TPSA) is 66.8 Å². The highest BCUT2D eigenvalue weighted by atomic mass is 32.2. The molecule has 0 bridgehead atoms. The summed E-state index contributed by atoms with van der Waals surface area (Å²) in [6, 6.07) is 2.57. The van der Waals surface area contributed by atoms with Crippen LogP contribution in [0.4, 0.5) is 8.78 Å². The van der Waals surface area contributed by atoms with Crippen LogP contribution < -0.4 is 0 Å². The summed E-state index contributed by atoms with van der Waals surface area (Å²) in [5.74, 6) is -2.26. The van der Waals surface area contributed by atoms with Crippen molar-refractivity contribution < 1.29 is 27.0 Å². The van der Waals surface area contributed by atoms with E-state index < -0.39 is 33.8 Å². The Kier molecular flexibility index (Phi) is 5.72. The molecule has 1 N–H and O–H groups in total. The molecule has 5 nitrogen and oxygen atoms in total. The summed E-state index contributed by atoms with van der Waals surface area (Å²) < 4.78 is 57.8. The first-order valence-corrected chi connectivity index (χ1v) is 9.05. The first-order chi connectivity index (χ1) is 10.7. The van der Waals surface area contributed by atoms with Gasteiger partial charge >= 0.3 is 0 Å². The number of sulfonamides is 1. The minimum absolute atomic E-state index is 0.0388. The SMILES string of the molecule is CC(C)OCCS(=O)(=O)N1C[C@@H](O)C[C@@H]1c1ccc(F)c(F)c1. The Balaban J connectivity index is 2.20. The zero-order valence-electron chi connectivity index (χ0n) is 13.1. The number of aliphatic hydroxyl groups excluding tert-OH is 1. The van der Waals surface area contributed by atoms with E-state index >= 15 is 0 Å². The quantitative estimate of drug-likeness (QED) is 0.851. The van der Waals surface area contributed by atoms with E-state index in [9.17, 15) is 22.3 Å². The number of nitrogens with zero attached hydrogens (tertiary/aromatic N) is 1. The summed E-state index contributed by atoms with van der Waals surface area (Å²) >= 11 is 0. The van der Waals surface area contributed by atoms with Crippen molar-refractivity contribution in [3.63, 3.8) is 0 Å². The van der Waals surface area contributed by atoms with Crippen molar-refractivity contribution in [2.24, 2.45) is 0 Å². The number of halogens is 2. The maximum absolute atomic E-state index is 13.4. The molecule has 1 saturated heterocycles. The normalized spacial score (nSPS) is 22.9. The van der Waals surface area contributed by atoms with E-state index in [1.807, 2.05) is 0 Å². The Bertz CT molecular complexity index is 651. The molecule has 0 radical (unpaired) electrons. The van der Waals surface area contributed by atoms with Crippen LogP contribution in [0.2, 0.25) is 0 Å². The molecule has 23 heavy (non-hydrogen) atoms. The monoisotopic (exact) mass is 349 g/mol. The summed E-state index contributed by atoms with van der Waals surface area (Å²) in [6.45, 7) is 3.58. The van der Waals surface area contributed by atoms with Gasteiger partial charge in [0.2, 0.25) is 10.0 Å². The van der Waals surface area contributed by atoms with Gasteiger partial charge in [-0.25, -0.2) is 17.2 Å². The summed E-state index contributed by atoms with van der Waals surface area (Å²) in [7, 11) is -3.68. The Hall–Kier alpha value is -1.09. The number of ether oxygens (including phenoxy) is 1. The zero-order chi connectivity index (χ0) is 17.2. The molecule has 2 rings (SSSR count). The van der Waals surface area contributed by atoms with Gasteiger partial charge in [0.15, 0.2) is 11.6 Å². The van der Waals surface area contributed by atoms with E-state index in [1.54, 1.807) is 13.8 Å². The third-order valence-electron chi connectivity index (χ3n) is 3.71. The van der Waals surface area contributed by atoms with Crippen molar-refractivity contribution in [3.05, 3.63) is 35.4 Å². The number of rotatable bonds is 6. The fourth-order valence-electron chi connectivity index (χ4n) is 2.62. The molecule has 2 atom stereocenters. The van der Waals surface area contributed by atoms with E-state index in [1.165, 1.54) is 6.07 Å². The number of β-amino-alcohol motifs (C(OH)–C–C–N with tert-alkyl or cyclic N) is 1. The van der Waals surface area contributed by atoms with Crippen molar-refractivity contribution >= 4 is 10.0 Å². The molecule has 1 heterocycles. The number of hydrogen-bond acceptors (Lipinski definition) is 4. The number of hydrogen-bond donors (Lipinski definition) is 1. The molecule has 1 aromatic rings. The van der Waals surface area contributed by atoms with Crippen LogP contribution in [-0.2, 0) is 14.8 Å². The lowest BCUT2D eigenvalue weighted by atomic mass is 10.0. The zero-order valence-corrected chi connectivity index (χ0v) is 13.9. The second-order valence-electron chi connectivity index (χ2n) is 5.88. The van der Waals surface area contributed by atoms with Gasteiger partial charge in [0.05, 0.1) is 30.6 Å². The highest BCUT2D eigenvalue weighted by Gasteiger charge is 2.39. The average Bonchev–Trinajstić information content (AvgIpc) is 2.84. The molecule has 1 aromatic carbocycles. The first-order valence-electron chi connectivity index (χ1n) is 7.45. The predicted octanol–water partition coefficient (Wildman–Crippen LogP) is 1.83. The van der Waals surface area contributed by atoms with Crippen molar-refractivity contribution in [3.8, 4) is 0 Å². The Labute approximate surface area is 134 Å².